The maximum Gasteiger partial charge on any atom is 0.210 e. The highest BCUT2D eigenvalue weighted by atomic mass is 19.1. The summed E-state index contributed by atoms with van der Waals surface area (Å²) in [4.78, 5) is 12.7. The molecule has 0 radical (unpaired) electrons. The molecule has 86 valence electrons. The van der Waals surface area contributed by atoms with E-state index < -0.39 is 0 Å². The SMILES string of the molecule is Cc1cc(F)ccc1[C@H]1CNCCN1C=O. The molecule has 1 heterocycles. The van der Waals surface area contributed by atoms with Crippen LogP contribution < -0.4 is 5.32 Å². The molecule has 1 aliphatic heterocycles. The van der Waals surface area contributed by atoms with Crippen molar-refractivity contribution in [1.82, 2.24) is 10.2 Å². The molecule has 0 bridgehead atoms. The quantitative estimate of drug-likeness (QED) is 0.763. The van der Waals surface area contributed by atoms with Gasteiger partial charge in [0.15, 0.2) is 0 Å². The molecule has 16 heavy (non-hydrogen) atoms. The smallest absolute Gasteiger partial charge is 0.210 e. The Hall–Kier alpha value is -1.42. The van der Waals surface area contributed by atoms with Gasteiger partial charge in [-0.3, -0.25) is 4.79 Å². The van der Waals surface area contributed by atoms with Crippen LogP contribution in [0.15, 0.2) is 18.2 Å². The van der Waals surface area contributed by atoms with Crippen molar-refractivity contribution in [3.63, 3.8) is 0 Å². The van der Waals surface area contributed by atoms with Gasteiger partial charge < -0.3 is 10.2 Å². The van der Waals surface area contributed by atoms with Gasteiger partial charge in [0.2, 0.25) is 6.41 Å². The van der Waals surface area contributed by atoms with E-state index in [4.69, 9.17) is 0 Å². The Labute approximate surface area is 94.3 Å². The Balaban J connectivity index is 2.30. The van der Waals surface area contributed by atoms with Crippen LogP contribution in [0.5, 0.6) is 0 Å². The van der Waals surface area contributed by atoms with E-state index in [0.717, 1.165) is 30.6 Å². The van der Waals surface area contributed by atoms with Crippen molar-refractivity contribution in [2.45, 2.75) is 13.0 Å². The minimum Gasteiger partial charge on any atom is -0.336 e. The van der Waals surface area contributed by atoms with Gasteiger partial charge in [0, 0.05) is 19.6 Å². The number of hydrogen-bond acceptors (Lipinski definition) is 2. The highest BCUT2D eigenvalue weighted by Crippen LogP contribution is 2.24. The monoisotopic (exact) mass is 222 g/mol. The molecule has 0 spiro atoms. The fourth-order valence-electron chi connectivity index (χ4n) is 2.15. The van der Waals surface area contributed by atoms with E-state index >= 15 is 0 Å². The van der Waals surface area contributed by atoms with Crippen molar-refractivity contribution in [3.8, 4) is 0 Å². The lowest BCUT2D eigenvalue weighted by Crippen LogP contribution is -2.45. The van der Waals surface area contributed by atoms with Crippen molar-refractivity contribution in [2.24, 2.45) is 0 Å². The number of nitrogens with zero attached hydrogens (tertiary/aromatic N) is 1. The molecule has 1 saturated heterocycles. The summed E-state index contributed by atoms with van der Waals surface area (Å²) in [5.41, 5.74) is 1.90. The number of nitrogens with one attached hydrogen (secondary N) is 1. The van der Waals surface area contributed by atoms with E-state index in [2.05, 4.69) is 5.32 Å². The first-order valence-electron chi connectivity index (χ1n) is 5.40. The lowest BCUT2D eigenvalue weighted by molar-refractivity contribution is -0.121. The van der Waals surface area contributed by atoms with Crippen LogP contribution in [0.25, 0.3) is 0 Å². The van der Waals surface area contributed by atoms with Crippen LogP contribution in [0, 0.1) is 12.7 Å². The molecule has 3 nitrogen and oxygen atoms in total. The van der Waals surface area contributed by atoms with E-state index in [1.807, 2.05) is 6.92 Å². The third kappa shape index (κ3) is 2.07. The van der Waals surface area contributed by atoms with Gasteiger partial charge in [-0.25, -0.2) is 4.39 Å². The zero-order valence-corrected chi connectivity index (χ0v) is 9.24. The first kappa shape index (κ1) is 11.1. The highest BCUT2D eigenvalue weighted by molar-refractivity contribution is 5.50. The van der Waals surface area contributed by atoms with Crippen molar-refractivity contribution in [3.05, 3.63) is 35.1 Å². The molecule has 0 aliphatic carbocycles. The topological polar surface area (TPSA) is 32.3 Å². The third-order valence-electron chi connectivity index (χ3n) is 3.01. The minimum absolute atomic E-state index is 0.0202. The number of hydrogen-bond donors (Lipinski definition) is 1. The van der Waals surface area contributed by atoms with E-state index in [9.17, 15) is 9.18 Å². The summed E-state index contributed by atoms with van der Waals surface area (Å²) in [6.07, 6.45) is 0.869. The number of halogens is 1. The van der Waals surface area contributed by atoms with E-state index in [0.29, 0.717) is 6.54 Å². The van der Waals surface area contributed by atoms with Crippen LogP contribution >= 0.6 is 0 Å². The van der Waals surface area contributed by atoms with Crippen LogP contribution in [0.3, 0.4) is 0 Å². The summed E-state index contributed by atoms with van der Waals surface area (Å²) in [5.74, 6) is -0.234. The van der Waals surface area contributed by atoms with Gasteiger partial charge in [-0.2, -0.15) is 0 Å². The largest absolute Gasteiger partial charge is 0.336 e. The van der Waals surface area contributed by atoms with Crippen LogP contribution in [-0.2, 0) is 4.79 Å². The number of aryl methyl sites for hydroxylation is 1. The van der Waals surface area contributed by atoms with Crippen LogP contribution in [0.4, 0.5) is 4.39 Å². The molecule has 1 aliphatic rings. The Morgan fingerprint density at radius 2 is 2.38 bits per heavy atom. The molecule has 0 saturated carbocycles. The van der Waals surface area contributed by atoms with Crippen molar-refractivity contribution in [1.29, 1.82) is 0 Å². The second kappa shape index (κ2) is 4.61. The Bertz CT molecular complexity index is 395. The Morgan fingerprint density at radius 3 is 3.06 bits per heavy atom. The average molecular weight is 222 g/mol. The highest BCUT2D eigenvalue weighted by Gasteiger charge is 2.23. The minimum atomic E-state index is -0.234. The van der Waals surface area contributed by atoms with Crippen LogP contribution in [0.2, 0.25) is 0 Å². The molecule has 1 fully saturated rings. The molecule has 2 rings (SSSR count). The van der Waals surface area contributed by atoms with E-state index in [1.165, 1.54) is 12.1 Å². The predicted octanol–water partition coefficient (Wildman–Crippen LogP) is 1.24. The first-order valence-corrected chi connectivity index (χ1v) is 5.40. The summed E-state index contributed by atoms with van der Waals surface area (Å²) in [6.45, 7) is 4.11. The zero-order chi connectivity index (χ0) is 11.5. The molecule has 1 N–H and O–H groups in total. The summed E-state index contributed by atoms with van der Waals surface area (Å²) in [7, 11) is 0. The van der Waals surface area contributed by atoms with Gasteiger partial charge in [-0.05, 0) is 30.2 Å². The van der Waals surface area contributed by atoms with Crippen LogP contribution in [-0.4, -0.2) is 30.9 Å². The normalized spacial score (nSPS) is 20.9. The van der Waals surface area contributed by atoms with Gasteiger partial charge in [0.25, 0.3) is 0 Å². The standard InChI is InChI=1S/C12H15FN2O/c1-9-6-10(13)2-3-11(9)12-7-14-4-5-15(12)8-16/h2-3,6,8,12,14H,4-5,7H2,1H3/t12-/m1/s1. The molecule has 0 aromatic heterocycles. The average Bonchev–Trinajstić information content (AvgIpc) is 2.29. The van der Waals surface area contributed by atoms with Gasteiger partial charge in [-0.1, -0.05) is 6.07 Å². The zero-order valence-electron chi connectivity index (χ0n) is 9.24. The summed E-state index contributed by atoms with van der Waals surface area (Å²) < 4.78 is 13.0. The lowest BCUT2D eigenvalue weighted by Gasteiger charge is -2.34. The molecule has 1 atom stereocenters. The summed E-state index contributed by atoms with van der Waals surface area (Å²) in [6, 6.07) is 4.73. The van der Waals surface area contributed by atoms with Gasteiger partial charge >= 0.3 is 0 Å². The van der Waals surface area contributed by atoms with Crippen LogP contribution in [0.1, 0.15) is 17.2 Å². The molecular formula is C12H15FN2O. The number of rotatable bonds is 2. The third-order valence-corrected chi connectivity index (χ3v) is 3.01. The summed E-state index contributed by atoms with van der Waals surface area (Å²) in [5, 5.41) is 3.25. The predicted molar refractivity (Wildman–Crippen MR) is 59.5 cm³/mol. The van der Waals surface area contributed by atoms with E-state index in [-0.39, 0.29) is 11.9 Å². The number of carbonyl (C=O) groups is 1. The van der Waals surface area contributed by atoms with Crippen molar-refractivity contribution < 1.29 is 9.18 Å². The van der Waals surface area contributed by atoms with Crippen molar-refractivity contribution >= 4 is 6.41 Å². The van der Waals surface area contributed by atoms with Gasteiger partial charge in [0.1, 0.15) is 5.82 Å². The maximum atomic E-state index is 13.0. The number of piperazine rings is 1. The lowest BCUT2D eigenvalue weighted by atomic mass is 9.99. The fraction of sp³-hybridized carbons (Fsp3) is 0.417. The molecular weight excluding hydrogens is 207 g/mol. The van der Waals surface area contributed by atoms with Gasteiger partial charge in [0.05, 0.1) is 6.04 Å². The molecule has 0 unspecified atom stereocenters. The first-order chi connectivity index (χ1) is 7.72. The number of carbonyl (C=O) groups excluding carboxylic acids is 1. The molecule has 1 amide bonds. The van der Waals surface area contributed by atoms with Gasteiger partial charge in [-0.15, -0.1) is 0 Å². The fourth-order valence-corrected chi connectivity index (χ4v) is 2.15. The second-order valence-corrected chi connectivity index (χ2v) is 4.06. The Kier molecular flexibility index (Phi) is 3.19. The molecule has 1 aromatic carbocycles. The molecule has 1 aromatic rings. The summed E-state index contributed by atoms with van der Waals surface area (Å²) >= 11 is 0. The van der Waals surface area contributed by atoms with Crippen molar-refractivity contribution in [2.75, 3.05) is 19.6 Å². The molecule has 4 heteroatoms. The number of benzene rings is 1. The Morgan fingerprint density at radius 1 is 1.56 bits per heavy atom. The number of amides is 1. The van der Waals surface area contributed by atoms with E-state index in [1.54, 1.807) is 11.0 Å². The maximum absolute atomic E-state index is 13.0. The second-order valence-electron chi connectivity index (χ2n) is 4.06.